The van der Waals surface area contributed by atoms with Crippen molar-refractivity contribution in [2.75, 3.05) is 13.4 Å². The highest BCUT2D eigenvalue weighted by Crippen LogP contribution is 2.37. The molecular formula is C17H20N2O3S. The second-order valence-electron chi connectivity index (χ2n) is 6.05. The SMILES string of the molecule is OCCC(NCc1csc(-c2ccc3c(c2)OCO3)n1)C1CC1. The summed E-state index contributed by atoms with van der Waals surface area (Å²) in [5.41, 5.74) is 2.10. The summed E-state index contributed by atoms with van der Waals surface area (Å²) in [6.07, 6.45) is 3.37. The van der Waals surface area contributed by atoms with Gasteiger partial charge in [0.15, 0.2) is 11.5 Å². The number of hydrogen-bond acceptors (Lipinski definition) is 6. The molecule has 0 amide bonds. The fourth-order valence-electron chi connectivity index (χ4n) is 2.93. The lowest BCUT2D eigenvalue weighted by molar-refractivity contribution is 0.174. The van der Waals surface area contributed by atoms with Crippen LogP contribution in [-0.4, -0.2) is 29.5 Å². The van der Waals surface area contributed by atoms with Gasteiger partial charge in [0, 0.05) is 30.1 Å². The van der Waals surface area contributed by atoms with E-state index in [1.165, 1.54) is 12.8 Å². The van der Waals surface area contributed by atoms with Gasteiger partial charge in [-0.05, 0) is 43.4 Å². The van der Waals surface area contributed by atoms with E-state index in [4.69, 9.17) is 19.6 Å². The molecule has 2 heterocycles. The molecule has 2 aromatic rings. The fourth-order valence-corrected chi connectivity index (χ4v) is 3.74. The number of fused-ring (bicyclic) bond motifs is 1. The molecule has 23 heavy (non-hydrogen) atoms. The summed E-state index contributed by atoms with van der Waals surface area (Å²) in [7, 11) is 0. The molecule has 1 atom stereocenters. The summed E-state index contributed by atoms with van der Waals surface area (Å²) in [5, 5.41) is 15.8. The number of aliphatic hydroxyl groups is 1. The Kier molecular flexibility index (Phi) is 4.20. The Morgan fingerprint density at radius 1 is 1.30 bits per heavy atom. The molecule has 4 rings (SSSR count). The Hall–Kier alpha value is -1.63. The molecule has 1 aliphatic heterocycles. The second-order valence-corrected chi connectivity index (χ2v) is 6.91. The summed E-state index contributed by atoms with van der Waals surface area (Å²) in [5.74, 6) is 2.31. The van der Waals surface area contributed by atoms with Gasteiger partial charge in [-0.3, -0.25) is 0 Å². The number of nitrogens with zero attached hydrogens (tertiary/aromatic N) is 1. The van der Waals surface area contributed by atoms with Gasteiger partial charge in [-0.25, -0.2) is 4.98 Å². The van der Waals surface area contributed by atoms with Crippen LogP contribution in [0.5, 0.6) is 11.5 Å². The zero-order chi connectivity index (χ0) is 15.6. The first kappa shape index (κ1) is 14.9. The van der Waals surface area contributed by atoms with Crippen LogP contribution in [-0.2, 0) is 6.54 Å². The van der Waals surface area contributed by atoms with Crippen LogP contribution in [0.4, 0.5) is 0 Å². The van der Waals surface area contributed by atoms with Crippen LogP contribution in [0.1, 0.15) is 25.0 Å². The fraction of sp³-hybridized carbons (Fsp3) is 0.471. The van der Waals surface area contributed by atoms with Crippen LogP contribution < -0.4 is 14.8 Å². The molecule has 122 valence electrons. The maximum Gasteiger partial charge on any atom is 0.231 e. The minimum atomic E-state index is 0.244. The number of benzene rings is 1. The summed E-state index contributed by atoms with van der Waals surface area (Å²) in [4.78, 5) is 4.71. The molecule has 0 bridgehead atoms. The van der Waals surface area contributed by atoms with Crippen molar-refractivity contribution in [3.05, 3.63) is 29.3 Å². The number of aromatic nitrogens is 1. The van der Waals surface area contributed by atoms with Crippen LogP contribution in [0.3, 0.4) is 0 Å². The summed E-state index contributed by atoms with van der Waals surface area (Å²) in [6.45, 7) is 1.29. The second kappa shape index (κ2) is 6.47. The molecule has 1 aromatic carbocycles. The molecule has 1 aliphatic carbocycles. The normalized spacial score (nSPS) is 17.4. The quantitative estimate of drug-likeness (QED) is 0.816. The van der Waals surface area contributed by atoms with Crippen LogP contribution in [0.15, 0.2) is 23.6 Å². The highest BCUT2D eigenvalue weighted by molar-refractivity contribution is 7.13. The van der Waals surface area contributed by atoms with Gasteiger partial charge in [-0.2, -0.15) is 0 Å². The zero-order valence-electron chi connectivity index (χ0n) is 12.8. The van der Waals surface area contributed by atoms with Gasteiger partial charge in [0.05, 0.1) is 5.69 Å². The van der Waals surface area contributed by atoms with E-state index in [9.17, 15) is 0 Å². The first-order valence-electron chi connectivity index (χ1n) is 8.02. The Bertz CT molecular complexity index is 684. The predicted octanol–water partition coefficient (Wildman–Crippen LogP) is 2.79. The van der Waals surface area contributed by atoms with Gasteiger partial charge in [0.25, 0.3) is 0 Å². The van der Waals surface area contributed by atoms with E-state index in [2.05, 4.69) is 10.7 Å². The Balaban J connectivity index is 1.42. The van der Waals surface area contributed by atoms with Gasteiger partial charge < -0.3 is 19.9 Å². The molecular weight excluding hydrogens is 312 g/mol. The average molecular weight is 332 g/mol. The van der Waals surface area contributed by atoms with Gasteiger partial charge in [-0.15, -0.1) is 11.3 Å². The standard InChI is InChI=1S/C17H20N2O3S/c20-6-5-14(11-1-2-11)18-8-13-9-23-17(19-13)12-3-4-15-16(7-12)22-10-21-15/h3-4,7,9,11,14,18,20H,1-2,5-6,8,10H2. The number of thiazole rings is 1. The Morgan fingerprint density at radius 3 is 3.00 bits per heavy atom. The van der Waals surface area contributed by atoms with Crippen molar-refractivity contribution in [1.29, 1.82) is 0 Å². The van der Waals surface area contributed by atoms with E-state index in [1.807, 2.05) is 18.2 Å². The first-order chi connectivity index (χ1) is 11.3. The molecule has 2 N–H and O–H groups in total. The number of nitrogens with one attached hydrogen (secondary N) is 1. The molecule has 6 heteroatoms. The number of hydrogen-bond donors (Lipinski definition) is 2. The highest BCUT2D eigenvalue weighted by Gasteiger charge is 2.30. The van der Waals surface area contributed by atoms with Crippen molar-refractivity contribution >= 4 is 11.3 Å². The summed E-state index contributed by atoms with van der Waals surface area (Å²) < 4.78 is 10.8. The van der Waals surface area contributed by atoms with Gasteiger partial charge in [0.1, 0.15) is 5.01 Å². The summed E-state index contributed by atoms with van der Waals surface area (Å²) >= 11 is 1.64. The number of aliphatic hydroxyl groups excluding tert-OH is 1. The topological polar surface area (TPSA) is 63.6 Å². The maximum atomic E-state index is 9.16. The lowest BCUT2D eigenvalue weighted by Gasteiger charge is -2.16. The van der Waals surface area contributed by atoms with Crippen LogP contribution in [0.25, 0.3) is 10.6 Å². The van der Waals surface area contributed by atoms with Crippen LogP contribution in [0.2, 0.25) is 0 Å². The number of rotatable bonds is 7. The van der Waals surface area contributed by atoms with E-state index in [0.717, 1.165) is 46.6 Å². The Morgan fingerprint density at radius 2 is 2.17 bits per heavy atom. The summed E-state index contributed by atoms with van der Waals surface area (Å²) in [6, 6.07) is 6.34. The Labute approximate surface area is 139 Å². The van der Waals surface area contributed by atoms with Crippen molar-refractivity contribution in [1.82, 2.24) is 10.3 Å². The van der Waals surface area contributed by atoms with Crippen molar-refractivity contribution in [3.8, 4) is 22.1 Å². The molecule has 1 fully saturated rings. The molecule has 0 saturated heterocycles. The molecule has 5 nitrogen and oxygen atoms in total. The molecule has 1 saturated carbocycles. The average Bonchev–Trinajstić information content (AvgIpc) is 3.11. The van der Waals surface area contributed by atoms with Crippen molar-refractivity contribution in [3.63, 3.8) is 0 Å². The van der Waals surface area contributed by atoms with E-state index >= 15 is 0 Å². The van der Waals surface area contributed by atoms with Crippen molar-refractivity contribution < 1.29 is 14.6 Å². The monoisotopic (exact) mass is 332 g/mol. The first-order valence-corrected chi connectivity index (χ1v) is 8.90. The molecule has 0 radical (unpaired) electrons. The third-order valence-electron chi connectivity index (χ3n) is 4.35. The molecule has 0 spiro atoms. The van der Waals surface area contributed by atoms with E-state index in [0.29, 0.717) is 12.8 Å². The highest BCUT2D eigenvalue weighted by atomic mass is 32.1. The lowest BCUT2D eigenvalue weighted by Crippen LogP contribution is -2.31. The van der Waals surface area contributed by atoms with E-state index in [-0.39, 0.29) is 6.61 Å². The largest absolute Gasteiger partial charge is 0.454 e. The minimum Gasteiger partial charge on any atom is -0.454 e. The van der Waals surface area contributed by atoms with Crippen LogP contribution in [0, 0.1) is 5.92 Å². The van der Waals surface area contributed by atoms with Crippen LogP contribution >= 0.6 is 11.3 Å². The predicted molar refractivity (Wildman–Crippen MR) is 88.7 cm³/mol. The van der Waals surface area contributed by atoms with Crippen molar-refractivity contribution in [2.24, 2.45) is 5.92 Å². The van der Waals surface area contributed by atoms with Crippen molar-refractivity contribution in [2.45, 2.75) is 31.8 Å². The van der Waals surface area contributed by atoms with Gasteiger partial charge in [0.2, 0.25) is 6.79 Å². The van der Waals surface area contributed by atoms with Gasteiger partial charge >= 0.3 is 0 Å². The zero-order valence-corrected chi connectivity index (χ0v) is 13.6. The molecule has 1 unspecified atom stereocenters. The third kappa shape index (κ3) is 3.34. The third-order valence-corrected chi connectivity index (χ3v) is 5.29. The number of ether oxygens (including phenoxy) is 2. The maximum absolute atomic E-state index is 9.16. The lowest BCUT2D eigenvalue weighted by atomic mass is 10.1. The minimum absolute atomic E-state index is 0.244. The van der Waals surface area contributed by atoms with E-state index < -0.39 is 0 Å². The molecule has 1 aromatic heterocycles. The van der Waals surface area contributed by atoms with Gasteiger partial charge in [-0.1, -0.05) is 0 Å². The smallest absolute Gasteiger partial charge is 0.231 e. The van der Waals surface area contributed by atoms with E-state index in [1.54, 1.807) is 11.3 Å². The molecule has 2 aliphatic rings.